The van der Waals surface area contributed by atoms with E-state index in [9.17, 15) is 4.39 Å². The molecule has 21 heavy (non-hydrogen) atoms. The van der Waals surface area contributed by atoms with Crippen LogP contribution in [0.1, 0.15) is 12.0 Å². The van der Waals surface area contributed by atoms with E-state index in [4.69, 9.17) is 15.2 Å². The molecular weight excluding hydrogens is 289 g/mol. The Bertz CT molecular complexity index is 648. The summed E-state index contributed by atoms with van der Waals surface area (Å²) in [6.07, 6.45) is 0.881. The van der Waals surface area contributed by atoms with Crippen LogP contribution in [-0.4, -0.2) is 13.2 Å². The predicted octanol–water partition coefficient (Wildman–Crippen LogP) is 3.60. The van der Waals surface area contributed by atoms with Gasteiger partial charge < -0.3 is 15.2 Å². The highest BCUT2D eigenvalue weighted by molar-refractivity contribution is 7.99. The minimum absolute atomic E-state index is 0.265. The largest absolute Gasteiger partial charge is 0.490 e. The summed E-state index contributed by atoms with van der Waals surface area (Å²) in [5.41, 5.74) is 6.48. The van der Waals surface area contributed by atoms with Crippen molar-refractivity contribution in [2.75, 3.05) is 13.2 Å². The highest BCUT2D eigenvalue weighted by Gasteiger charge is 2.12. The fraction of sp³-hybridized carbons (Fsp3) is 0.250. The number of fused-ring (bicyclic) bond motifs is 1. The van der Waals surface area contributed by atoms with Crippen molar-refractivity contribution in [1.29, 1.82) is 0 Å². The Labute approximate surface area is 127 Å². The Kier molecular flexibility index (Phi) is 4.31. The minimum Gasteiger partial charge on any atom is -0.490 e. The van der Waals surface area contributed by atoms with Crippen LogP contribution in [0.4, 0.5) is 4.39 Å². The van der Waals surface area contributed by atoms with Crippen molar-refractivity contribution in [2.45, 2.75) is 22.8 Å². The molecule has 0 saturated heterocycles. The SMILES string of the molecule is NCc1cc(F)ccc1Sc1ccc2c(c1)OCCCO2. The normalized spacial score (nSPS) is 13.8. The van der Waals surface area contributed by atoms with Gasteiger partial charge in [0.05, 0.1) is 13.2 Å². The molecule has 1 aliphatic rings. The van der Waals surface area contributed by atoms with Crippen LogP contribution in [0, 0.1) is 5.82 Å². The molecule has 3 nitrogen and oxygen atoms in total. The molecule has 5 heteroatoms. The fourth-order valence-electron chi connectivity index (χ4n) is 2.14. The summed E-state index contributed by atoms with van der Waals surface area (Å²) in [4.78, 5) is 1.97. The predicted molar refractivity (Wildman–Crippen MR) is 80.5 cm³/mol. The molecule has 2 aromatic carbocycles. The van der Waals surface area contributed by atoms with Crippen LogP contribution in [-0.2, 0) is 6.54 Å². The molecule has 1 aliphatic heterocycles. The number of halogens is 1. The van der Waals surface area contributed by atoms with E-state index >= 15 is 0 Å². The molecule has 0 radical (unpaired) electrons. The summed E-state index contributed by atoms with van der Waals surface area (Å²) < 4.78 is 24.5. The molecule has 3 rings (SSSR count). The number of ether oxygens (including phenoxy) is 2. The van der Waals surface area contributed by atoms with Crippen molar-refractivity contribution in [2.24, 2.45) is 5.73 Å². The highest BCUT2D eigenvalue weighted by Crippen LogP contribution is 2.37. The molecule has 2 N–H and O–H groups in total. The van der Waals surface area contributed by atoms with Crippen molar-refractivity contribution < 1.29 is 13.9 Å². The van der Waals surface area contributed by atoms with E-state index in [1.165, 1.54) is 12.1 Å². The van der Waals surface area contributed by atoms with Crippen molar-refractivity contribution in [3.63, 3.8) is 0 Å². The molecule has 0 spiro atoms. The van der Waals surface area contributed by atoms with Crippen LogP contribution in [0.2, 0.25) is 0 Å². The monoisotopic (exact) mass is 305 g/mol. The van der Waals surface area contributed by atoms with E-state index in [0.717, 1.165) is 33.3 Å². The maximum Gasteiger partial charge on any atom is 0.162 e. The first kappa shape index (κ1) is 14.2. The Morgan fingerprint density at radius 3 is 2.67 bits per heavy atom. The van der Waals surface area contributed by atoms with Crippen molar-refractivity contribution >= 4 is 11.8 Å². The third kappa shape index (κ3) is 3.31. The smallest absolute Gasteiger partial charge is 0.162 e. The first-order chi connectivity index (χ1) is 10.3. The molecule has 0 atom stereocenters. The number of hydrogen-bond donors (Lipinski definition) is 1. The second-order valence-electron chi connectivity index (χ2n) is 4.72. The molecule has 0 amide bonds. The fourth-order valence-corrected chi connectivity index (χ4v) is 3.11. The van der Waals surface area contributed by atoms with Gasteiger partial charge in [-0.15, -0.1) is 0 Å². The summed E-state index contributed by atoms with van der Waals surface area (Å²) in [5, 5.41) is 0. The third-order valence-corrected chi connectivity index (χ3v) is 4.30. The summed E-state index contributed by atoms with van der Waals surface area (Å²) in [5.74, 6) is 1.27. The average Bonchev–Trinajstić information content (AvgIpc) is 2.74. The lowest BCUT2D eigenvalue weighted by Crippen LogP contribution is -1.99. The molecule has 0 aromatic heterocycles. The highest BCUT2D eigenvalue weighted by atomic mass is 32.2. The lowest BCUT2D eigenvalue weighted by atomic mass is 10.2. The van der Waals surface area contributed by atoms with Crippen LogP contribution in [0.25, 0.3) is 0 Å². The number of benzene rings is 2. The van der Waals surface area contributed by atoms with Gasteiger partial charge in [-0.05, 0) is 42.0 Å². The summed E-state index contributed by atoms with van der Waals surface area (Å²) in [6, 6.07) is 10.5. The van der Waals surface area contributed by atoms with Gasteiger partial charge in [-0.2, -0.15) is 0 Å². The van der Waals surface area contributed by atoms with Crippen molar-refractivity contribution in [1.82, 2.24) is 0 Å². The molecule has 0 saturated carbocycles. The van der Waals surface area contributed by atoms with Gasteiger partial charge in [0.15, 0.2) is 11.5 Å². The quantitative estimate of drug-likeness (QED) is 0.941. The third-order valence-electron chi connectivity index (χ3n) is 3.19. The number of rotatable bonds is 3. The zero-order valence-electron chi connectivity index (χ0n) is 11.5. The Morgan fingerprint density at radius 2 is 1.86 bits per heavy atom. The number of nitrogens with two attached hydrogens (primary N) is 1. The Morgan fingerprint density at radius 1 is 1.05 bits per heavy atom. The molecule has 1 heterocycles. The standard InChI is InChI=1S/C16H16FNO2S/c17-12-2-5-16(11(8-12)10-18)21-13-3-4-14-15(9-13)20-7-1-6-19-14/h2-5,8-9H,1,6-7,10,18H2. The molecule has 0 unspecified atom stereocenters. The maximum atomic E-state index is 13.2. The molecule has 110 valence electrons. The van der Waals surface area contributed by atoms with Gasteiger partial charge in [-0.1, -0.05) is 11.8 Å². The van der Waals surface area contributed by atoms with Crippen molar-refractivity contribution in [3.8, 4) is 11.5 Å². The molecule has 0 fully saturated rings. The van der Waals surface area contributed by atoms with E-state index in [2.05, 4.69) is 0 Å². The maximum absolute atomic E-state index is 13.2. The molecule has 2 aromatic rings. The molecule has 0 bridgehead atoms. The average molecular weight is 305 g/mol. The van der Waals surface area contributed by atoms with E-state index < -0.39 is 0 Å². The van der Waals surface area contributed by atoms with Crippen LogP contribution in [0.15, 0.2) is 46.2 Å². The van der Waals surface area contributed by atoms with Crippen molar-refractivity contribution in [3.05, 3.63) is 47.8 Å². The first-order valence-corrected chi connectivity index (χ1v) is 7.64. The van der Waals surface area contributed by atoms with Crippen LogP contribution < -0.4 is 15.2 Å². The van der Waals surface area contributed by atoms with E-state index in [-0.39, 0.29) is 5.82 Å². The van der Waals surface area contributed by atoms with E-state index in [0.29, 0.717) is 19.8 Å². The van der Waals surface area contributed by atoms with Gasteiger partial charge >= 0.3 is 0 Å². The van der Waals surface area contributed by atoms with Crippen LogP contribution in [0.3, 0.4) is 0 Å². The minimum atomic E-state index is -0.265. The van der Waals surface area contributed by atoms with Gasteiger partial charge in [0.1, 0.15) is 5.82 Å². The number of hydrogen-bond acceptors (Lipinski definition) is 4. The Hall–Kier alpha value is -1.72. The zero-order chi connectivity index (χ0) is 14.7. The zero-order valence-corrected chi connectivity index (χ0v) is 12.3. The topological polar surface area (TPSA) is 44.5 Å². The second kappa shape index (κ2) is 6.37. The summed E-state index contributed by atoms with van der Waals surface area (Å²) >= 11 is 1.54. The summed E-state index contributed by atoms with van der Waals surface area (Å²) in [7, 11) is 0. The van der Waals surface area contributed by atoms with Crippen LogP contribution in [0.5, 0.6) is 11.5 Å². The first-order valence-electron chi connectivity index (χ1n) is 6.82. The van der Waals surface area contributed by atoms with E-state index in [1.54, 1.807) is 17.8 Å². The molecule has 0 aliphatic carbocycles. The van der Waals surface area contributed by atoms with Crippen LogP contribution >= 0.6 is 11.8 Å². The van der Waals surface area contributed by atoms with Gasteiger partial charge in [0, 0.05) is 22.8 Å². The lowest BCUT2D eigenvalue weighted by Gasteiger charge is -2.11. The summed E-state index contributed by atoms with van der Waals surface area (Å²) in [6.45, 7) is 1.64. The van der Waals surface area contributed by atoms with E-state index in [1.807, 2.05) is 18.2 Å². The molecular formula is C16H16FNO2S. The lowest BCUT2D eigenvalue weighted by molar-refractivity contribution is 0.297. The van der Waals surface area contributed by atoms with Gasteiger partial charge in [0.25, 0.3) is 0 Å². The Balaban J connectivity index is 1.87. The second-order valence-corrected chi connectivity index (χ2v) is 5.83. The van der Waals surface area contributed by atoms with Gasteiger partial charge in [0.2, 0.25) is 0 Å². The van der Waals surface area contributed by atoms with Gasteiger partial charge in [-0.3, -0.25) is 0 Å². The van der Waals surface area contributed by atoms with Gasteiger partial charge in [-0.25, -0.2) is 4.39 Å².